The Balaban J connectivity index is 3.04. The van der Waals surface area contributed by atoms with Gasteiger partial charge in [0.25, 0.3) is 5.69 Å². The highest BCUT2D eigenvalue weighted by Crippen LogP contribution is 2.28. The number of hydrogen-bond donors (Lipinski definition) is 1. The maximum Gasteiger partial charge on any atom is 0.295 e. The first kappa shape index (κ1) is 14.4. The lowest BCUT2D eigenvalue weighted by Gasteiger charge is -2.22. The van der Waals surface area contributed by atoms with Gasteiger partial charge in [0.15, 0.2) is 5.82 Å². The van der Waals surface area contributed by atoms with Crippen molar-refractivity contribution in [2.24, 2.45) is 5.92 Å². The molecular formula is C12H17FN2O3. The first-order valence-corrected chi connectivity index (χ1v) is 5.65. The van der Waals surface area contributed by atoms with Crippen molar-refractivity contribution in [3.63, 3.8) is 0 Å². The quantitative estimate of drug-likeness (QED) is 0.628. The number of hydrogen-bond acceptors (Lipinski definition) is 4. The maximum absolute atomic E-state index is 13.7. The molecule has 18 heavy (non-hydrogen) atoms. The van der Waals surface area contributed by atoms with Crippen LogP contribution in [0.5, 0.6) is 0 Å². The molecule has 1 unspecified atom stereocenters. The van der Waals surface area contributed by atoms with Gasteiger partial charge in [0.2, 0.25) is 0 Å². The lowest BCUT2D eigenvalue weighted by atomic mass is 10.0. The molecule has 100 valence electrons. The second-order valence-electron chi connectivity index (χ2n) is 4.34. The predicted molar refractivity (Wildman–Crippen MR) is 67.2 cm³/mol. The minimum Gasteiger partial charge on any atom is -0.383 e. The van der Waals surface area contributed by atoms with E-state index in [1.165, 1.54) is 25.3 Å². The molecule has 0 aliphatic rings. The SMILES string of the molecule is COCC(Nc1c(F)cccc1[N+](=O)[O-])C(C)C. The second kappa shape index (κ2) is 6.30. The summed E-state index contributed by atoms with van der Waals surface area (Å²) in [7, 11) is 1.53. The first-order chi connectivity index (χ1) is 8.47. The van der Waals surface area contributed by atoms with Crippen molar-refractivity contribution in [2.45, 2.75) is 19.9 Å². The predicted octanol–water partition coefficient (Wildman–Crippen LogP) is 2.82. The molecule has 0 aromatic heterocycles. The zero-order valence-corrected chi connectivity index (χ0v) is 10.6. The van der Waals surface area contributed by atoms with Crippen molar-refractivity contribution in [3.8, 4) is 0 Å². The van der Waals surface area contributed by atoms with E-state index in [4.69, 9.17) is 4.74 Å². The summed E-state index contributed by atoms with van der Waals surface area (Å²) in [5.74, 6) is -0.477. The Hall–Kier alpha value is -1.69. The molecule has 0 saturated carbocycles. The number of nitrogens with zero attached hydrogens (tertiary/aromatic N) is 1. The van der Waals surface area contributed by atoms with Gasteiger partial charge in [-0.05, 0) is 12.0 Å². The van der Waals surface area contributed by atoms with Crippen molar-refractivity contribution in [1.82, 2.24) is 0 Å². The van der Waals surface area contributed by atoms with Crippen molar-refractivity contribution >= 4 is 11.4 Å². The number of rotatable bonds is 6. The van der Waals surface area contributed by atoms with Gasteiger partial charge in [0.05, 0.1) is 17.6 Å². The number of nitro benzene ring substituents is 1. The fourth-order valence-electron chi connectivity index (χ4n) is 1.57. The molecule has 0 fully saturated rings. The number of methoxy groups -OCH3 is 1. The number of halogens is 1. The number of anilines is 1. The Labute approximate surface area is 105 Å². The molecular weight excluding hydrogens is 239 g/mol. The van der Waals surface area contributed by atoms with Crippen molar-refractivity contribution in [3.05, 3.63) is 34.1 Å². The average Bonchev–Trinajstić information content (AvgIpc) is 2.30. The highest BCUT2D eigenvalue weighted by molar-refractivity contribution is 5.62. The molecule has 1 rings (SSSR count). The monoisotopic (exact) mass is 256 g/mol. The van der Waals surface area contributed by atoms with Gasteiger partial charge in [0.1, 0.15) is 5.69 Å². The van der Waals surface area contributed by atoms with Gasteiger partial charge in [-0.1, -0.05) is 19.9 Å². The van der Waals surface area contributed by atoms with Crippen LogP contribution in [0.15, 0.2) is 18.2 Å². The van der Waals surface area contributed by atoms with Gasteiger partial charge in [-0.25, -0.2) is 4.39 Å². The summed E-state index contributed by atoms with van der Waals surface area (Å²) < 4.78 is 18.7. The summed E-state index contributed by atoms with van der Waals surface area (Å²) in [4.78, 5) is 10.2. The number of nitrogens with one attached hydrogen (secondary N) is 1. The molecule has 0 bridgehead atoms. The van der Waals surface area contributed by atoms with Crippen LogP contribution in [0.4, 0.5) is 15.8 Å². The van der Waals surface area contributed by atoms with E-state index in [0.717, 1.165) is 0 Å². The van der Waals surface area contributed by atoms with Gasteiger partial charge in [-0.15, -0.1) is 0 Å². The summed E-state index contributed by atoms with van der Waals surface area (Å²) in [6, 6.07) is 3.60. The van der Waals surface area contributed by atoms with E-state index in [1.54, 1.807) is 0 Å². The molecule has 0 radical (unpaired) electrons. The fourth-order valence-corrected chi connectivity index (χ4v) is 1.57. The Bertz CT molecular complexity index is 424. The summed E-state index contributed by atoms with van der Waals surface area (Å²) >= 11 is 0. The zero-order valence-electron chi connectivity index (χ0n) is 10.6. The molecule has 6 heteroatoms. The molecule has 1 aromatic rings. The van der Waals surface area contributed by atoms with E-state index in [1.807, 2.05) is 13.8 Å². The molecule has 0 amide bonds. The number of para-hydroxylation sites is 1. The van der Waals surface area contributed by atoms with Crippen LogP contribution in [0, 0.1) is 21.8 Å². The molecule has 5 nitrogen and oxygen atoms in total. The van der Waals surface area contributed by atoms with Crippen LogP contribution >= 0.6 is 0 Å². The summed E-state index contributed by atoms with van der Waals surface area (Å²) in [5.41, 5.74) is -0.352. The van der Waals surface area contributed by atoms with E-state index >= 15 is 0 Å². The Kier molecular flexibility index (Phi) is 5.03. The topological polar surface area (TPSA) is 64.4 Å². The van der Waals surface area contributed by atoms with Crippen LogP contribution in [-0.2, 0) is 4.74 Å². The lowest BCUT2D eigenvalue weighted by Crippen LogP contribution is -2.31. The minimum atomic E-state index is -0.633. The van der Waals surface area contributed by atoms with Crippen molar-refractivity contribution < 1.29 is 14.1 Å². The molecule has 1 aromatic carbocycles. The van der Waals surface area contributed by atoms with Crippen LogP contribution in [-0.4, -0.2) is 24.7 Å². The van der Waals surface area contributed by atoms with E-state index in [-0.39, 0.29) is 23.3 Å². The third-order valence-corrected chi connectivity index (χ3v) is 2.67. The van der Waals surface area contributed by atoms with Gasteiger partial charge in [0, 0.05) is 13.2 Å². The van der Waals surface area contributed by atoms with Crippen LogP contribution in [0.25, 0.3) is 0 Å². The van der Waals surface area contributed by atoms with E-state index < -0.39 is 10.7 Å². The Morgan fingerprint density at radius 1 is 1.50 bits per heavy atom. The number of ether oxygens (including phenoxy) is 1. The molecule has 1 N–H and O–H groups in total. The lowest BCUT2D eigenvalue weighted by molar-refractivity contribution is -0.384. The largest absolute Gasteiger partial charge is 0.383 e. The van der Waals surface area contributed by atoms with E-state index in [2.05, 4.69) is 5.32 Å². The zero-order chi connectivity index (χ0) is 13.7. The summed E-state index contributed by atoms with van der Waals surface area (Å²) in [5, 5.41) is 13.7. The third-order valence-electron chi connectivity index (χ3n) is 2.67. The van der Waals surface area contributed by atoms with Gasteiger partial charge >= 0.3 is 0 Å². The van der Waals surface area contributed by atoms with Crippen LogP contribution in [0.1, 0.15) is 13.8 Å². The molecule has 0 heterocycles. The smallest absolute Gasteiger partial charge is 0.295 e. The number of benzene rings is 1. The van der Waals surface area contributed by atoms with Crippen molar-refractivity contribution in [2.75, 3.05) is 19.0 Å². The number of nitro groups is 1. The van der Waals surface area contributed by atoms with Crippen LogP contribution < -0.4 is 5.32 Å². The van der Waals surface area contributed by atoms with E-state index in [9.17, 15) is 14.5 Å². The fraction of sp³-hybridized carbons (Fsp3) is 0.500. The Morgan fingerprint density at radius 2 is 2.17 bits per heavy atom. The van der Waals surface area contributed by atoms with Crippen LogP contribution in [0.3, 0.4) is 0 Å². The normalized spacial score (nSPS) is 12.5. The van der Waals surface area contributed by atoms with Gasteiger partial charge < -0.3 is 10.1 Å². The van der Waals surface area contributed by atoms with Crippen molar-refractivity contribution in [1.29, 1.82) is 0 Å². The minimum absolute atomic E-state index is 0.0850. The highest BCUT2D eigenvalue weighted by atomic mass is 19.1. The van der Waals surface area contributed by atoms with Gasteiger partial charge in [-0.2, -0.15) is 0 Å². The summed E-state index contributed by atoms with van der Waals surface area (Å²) in [6.07, 6.45) is 0. The highest BCUT2D eigenvalue weighted by Gasteiger charge is 2.22. The molecule has 0 spiro atoms. The summed E-state index contributed by atoms with van der Waals surface area (Å²) in [6.45, 7) is 4.22. The molecule has 0 saturated heterocycles. The standard InChI is InChI=1S/C12H17FN2O3/c1-8(2)10(7-18-3)14-12-9(13)5-4-6-11(12)15(16)17/h4-6,8,10,14H,7H2,1-3H3. The van der Waals surface area contributed by atoms with E-state index in [0.29, 0.717) is 6.61 Å². The first-order valence-electron chi connectivity index (χ1n) is 5.65. The van der Waals surface area contributed by atoms with Crippen LogP contribution in [0.2, 0.25) is 0 Å². The molecule has 0 aliphatic carbocycles. The Morgan fingerprint density at radius 3 is 2.67 bits per heavy atom. The van der Waals surface area contributed by atoms with Gasteiger partial charge in [-0.3, -0.25) is 10.1 Å². The second-order valence-corrected chi connectivity index (χ2v) is 4.34. The average molecular weight is 256 g/mol. The maximum atomic E-state index is 13.7. The molecule has 1 atom stereocenters. The third kappa shape index (κ3) is 3.40. The molecule has 0 aliphatic heterocycles.